The quantitative estimate of drug-likeness (QED) is 0.278. The van der Waals surface area contributed by atoms with Crippen molar-refractivity contribution in [3.8, 4) is 0 Å². The summed E-state index contributed by atoms with van der Waals surface area (Å²) in [7, 11) is 0. The van der Waals surface area contributed by atoms with Crippen LogP contribution in [0.5, 0.6) is 0 Å². The molecule has 0 bridgehead atoms. The fourth-order valence-corrected chi connectivity index (χ4v) is 4.23. The molecule has 0 spiro atoms. The van der Waals surface area contributed by atoms with Crippen molar-refractivity contribution in [3.05, 3.63) is 66.2 Å². The lowest BCUT2D eigenvalue weighted by Crippen LogP contribution is -2.45. The lowest BCUT2D eigenvalue weighted by molar-refractivity contribution is -0.121. The molecule has 0 fully saturated rings. The first-order chi connectivity index (χ1) is 17.1. The summed E-state index contributed by atoms with van der Waals surface area (Å²) in [5.74, 6) is 0.824. The molecule has 7 nitrogen and oxygen atoms in total. The molecule has 0 aliphatic carbocycles. The standard InChI is InChI=1S/C27H37N3O4S/c1-2-3-4-11-18-28-25(31)17-12-19-35-21-24(26(32)29-23-15-9-6-10-16-23)30-27(33)34-20-22-13-7-5-8-14-22/h5-10,13-16,24H,2-4,11-12,17-21H2,1H3,(H,28,31)(H,29,32)(H,30,33)/t24-/m0/s1. The van der Waals surface area contributed by atoms with Gasteiger partial charge in [-0.1, -0.05) is 74.7 Å². The third-order valence-electron chi connectivity index (χ3n) is 5.19. The Morgan fingerprint density at radius 3 is 2.34 bits per heavy atom. The van der Waals surface area contributed by atoms with E-state index in [1.165, 1.54) is 24.6 Å². The number of amides is 3. The molecule has 2 rings (SSSR count). The van der Waals surface area contributed by atoms with Crippen molar-refractivity contribution in [3.63, 3.8) is 0 Å². The maximum Gasteiger partial charge on any atom is 0.408 e. The molecular formula is C27H37N3O4S. The largest absolute Gasteiger partial charge is 0.445 e. The minimum absolute atomic E-state index is 0.0584. The summed E-state index contributed by atoms with van der Waals surface area (Å²) in [6, 6.07) is 17.7. The van der Waals surface area contributed by atoms with Gasteiger partial charge in [0.2, 0.25) is 11.8 Å². The Labute approximate surface area is 212 Å². The molecule has 2 aromatic carbocycles. The first-order valence-corrected chi connectivity index (χ1v) is 13.4. The Hall–Kier alpha value is -3.00. The first-order valence-electron chi connectivity index (χ1n) is 12.3. The van der Waals surface area contributed by atoms with E-state index in [1.54, 1.807) is 12.1 Å². The van der Waals surface area contributed by atoms with Crippen LogP contribution in [0.15, 0.2) is 60.7 Å². The Bertz CT molecular complexity index is 881. The molecule has 0 saturated carbocycles. The van der Waals surface area contributed by atoms with Crippen LogP contribution in [-0.2, 0) is 20.9 Å². The summed E-state index contributed by atoms with van der Waals surface area (Å²) >= 11 is 1.52. The molecule has 190 valence electrons. The second kappa shape index (κ2) is 17.4. The molecule has 0 aliphatic rings. The van der Waals surface area contributed by atoms with Crippen LogP contribution >= 0.6 is 11.8 Å². The number of carbonyl (C=O) groups excluding carboxylic acids is 3. The van der Waals surface area contributed by atoms with Gasteiger partial charge in [0.05, 0.1) is 0 Å². The van der Waals surface area contributed by atoms with Gasteiger partial charge >= 0.3 is 6.09 Å². The van der Waals surface area contributed by atoms with E-state index >= 15 is 0 Å². The Balaban J connectivity index is 1.76. The van der Waals surface area contributed by atoms with Crippen molar-refractivity contribution in [1.82, 2.24) is 10.6 Å². The van der Waals surface area contributed by atoms with Crippen LogP contribution in [0.4, 0.5) is 10.5 Å². The zero-order chi connectivity index (χ0) is 25.1. The summed E-state index contributed by atoms with van der Waals surface area (Å²) in [4.78, 5) is 37.1. The average Bonchev–Trinajstić information content (AvgIpc) is 2.87. The number of carbonyl (C=O) groups is 3. The van der Waals surface area contributed by atoms with Crippen molar-refractivity contribution in [1.29, 1.82) is 0 Å². The van der Waals surface area contributed by atoms with Gasteiger partial charge in [0.1, 0.15) is 12.6 Å². The zero-order valence-corrected chi connectivity index (χ0v) is 21.3. The van der Waals surface area contributed by atoms with Gasteiger partial charge in [-0.2, -0.15) is 11.8 Å². The molecule has 0 aliphatic heterocycles. The number of ether oxygens (including phenoxy) is 1. The number of anilines is 1. The summed E-state index contributed by atoms with van der Waals surface area (Å²) in [6.45, 7) is 3.01. The summed E-state index contributed by atoms with van der Waals surface area (Å²) in [5.41, 5.74) is 1.52. The molecule has 3 N–H and O–H groups in total. The summed E-state index contributed by atoms with van der Waals surface area (Å²) < 4.78 is 5.29. The van der Waals surface area contributed by atoms with Crippen LogP contribution < -0.4 is 16.0 Å². The Morgan fingerprint density at radius 1 is 0.914 bits per heavy atom. The third-order valence-corrected chi connectivity index (χ3v) is 6.34. The van der Waals surface area contributed by atoms with Crippen molar-refractivity contribution in [2.45, 2.75) is 58.1 Å². The van der Waals surface area contributed by atoms with E-state index in [0.29, 0.717) is 30.0 Å². The maximum atomic E-state index is 12.8. The fourth-order valence-electron chi connectivity index (χ4n) is 3.24. The van der Waals surface area contributed by atoms with Gasteiger partial charge < -0.3 is 20.7 Å². The van der Waals surface area contributed by atoms with E-state index in [1.807, 2.05) is 48.5 Å². The van der Waals surface area contributed by atoms with Gasteiger partial charge in [-0.05, 0) is 36.3 Å². The maximum absolute atomic E-state index is 12.8. The molecule has 2 aromatic rings. The lowest BCUT2D eigenvalue weighted by atomic mass is 10.2. The lowest BCUT2D eigenvalue weighted by Gasteiger charge is -2.18. The van der Waals surface area contributed by atoms with E-state index in [2.05, 4.69) is 22.9 Å². The molecule has 3 amide bonds. The van der Waals surface area contributed by atoms with E-state index in [-0.39, 0.29) is 18.4 Å². The number of hydrogen-bond acceptors (Lipinski definition) is 5. The van der Waals surface area contributed by atoms with E-state index in [9.17, 15) is 14.4 Å². The second-order valence-corrected chi connectivity index (χ2v) is 9.35. The van der Waals surface area contributed by atoms with Gasteiger partial charge in [-0.25, -0.2) is 4.79 Å². The molecule has 1 atom stereocenters. The number of nitrogens with one attached hydrogen (secondary N) is 3. The fraction of sp³-hybridized carbons (Fsp3) is 0.444. The molecule has 8 heteroatoms. The number of thioether (sulfide) groups is 1. The number of hydrogen-bond donors (Lipinski definition) is 3. The van der Waals surface area contributed by atoms with Crippen molar-refractivity contribution in [2.75, 3.05) is 23.4 Å². The predicted molar refractivity (Wildman–Crippen MR) is 142 cm³/mol. The minimum atomic E-state index is -0.768. The normalized spacial score (nSPS) is 11.3. The average molecular weight is 500 g/mol. The first kappa shape index (κ1) is 28.2. The number of alkyl carbamates (subject to hydrolysis) is 1. The van der Waals surface area contributed by atoms with Gasteiger partial charge in [0, 0.05) is 24.4 Å². The van der Waals surface area contributed by atoms with Crippen LogP contribution in [0, 0.1) is 0 Å². The van der Waals surface area contributed by atoms with Gasteiger partial charge in [0.25, 0.3) is 0 Å². The van der Waals surface area contributed by atoms with Crippen molar-refractivity contribution < 1.29 is 19.1 Å². The van der Waals surface area contributed by atoms with Crippen molar-refractivity contribution in [2.24, 2.45) is 0 Å². The SMILES string of the molecule is CCCCCCNC(=O)CCCSC[C@H](NC(=O)OCc1ccccc1)C(=O)Nc1ccccc1. The minimum Gasteiger partial charge on any atom is -0.445 e. The molecule has 0 heterocycles. The smallest absolute Gasteiger partial charge is 0.408 e. The molecule has 0 unspecified atom stereocenters. The summed E-state index contributed by atoms with van der Waals surface area (Å²) in [6.07, 6.45) is 5.03. The van der Waals surface area contributed by atoms with Crippen molar-refractivity contribution >= 4 is 35.4 Å². The zero-order valence-electron chi connectivity index (χ0n) is 20.5. The highest BCUT2D eigenvalue weighted by Crippen LogP contribution is 2.11. The highest BCUT2D eigenvalue weighted by atomic mass is 32.2. The van der Waals surface area contributed by atoms with E-state index < -0.39 is 12.1 Å². The van der Waals surface area contributed by atoms with Crippen LogP contribution in [0.25, 0.3) is 0 Å². The molecule has 0 saturated heterocycles. The van der Waals surface area contributed by atoms with E-state index in [4.69, 9.17) is 4.74 Å². The molecule has 0 radical (unpaired) electrons. The topological polar surface area (TPSA) is 96.5 Å². The predicted octanol–water partition coefficient (Wildman–Crippen LogP) is 5.13. The Kier molecular flexibility index (Phi) is 14.1. The molecular weight excluding hydrogens is 462 g/mol. The van der Waals surface area contributed by atoms with Gasteiger partial charge in [-0.15, -0.1) is 0 Å². The van der Waals surface area contributed by atoms with Crippen LogP contribution in [0.3, 0.4) is 0 Å². The van der Waals surface area contributed by atoms with Crippen LogP contribution in [0.2, 0.25) is 0 Å². The van der Waals surface area contributed by atoms with Gasteiger partial charge in [-0.3, -0.25) is 9.59 Å². The molecule has 35 heavy (non-hydrogen) atoms. The highest BCUT2D eigenvalue weighted by Gasteiger charge is 2.22. The summed E-state index contributed by atoms with van der Waals surface area (Å²) in [5, 5.41) is 8.46. The van der Waals surface area contributed by atoms with Crippen LogP contribution in [-0.4, -0.2) is 42.0 Å². The second-order valence-electron chi connectivity index (χ2n) is 8.20. The van der Waals surface area contributed by atoms with Gasteiger partial charge in [0.15, 0.2) is 0 Å². The molecule has 0 aromatic heterocycles. The monoisotopic (exact) mass is 499 g/mol. The van der Waals surface area contributed by atoms with Crippen LogP contribution in [0.1, 0.15) is 51.0 Å². The number of benzene rings is 2. The third kappa shape index (κ3) is 12.9. The number of para-hydroxylation sites is 1. The van der Waals surface area contributed by atoms with E-state index in [0.717, 1.165) is 24.9 Å². The Morgan fingerprint density at radius 2 is 1.63 bits per heavy atom. The number of unbranched alkanes of at least 4 members (excludes halogenated alkanes) is 3. The highest BCUT2D eigenvalue weighted by molar-refractivity contribution is 7.99. The number of rotatable bonds is 16.